The van der Waals surface area contributed by atoms with Crippen molar-refractivity contribution in [3.8, 4) is 0 Å². The maximum Gasteiger partial charge on any atom is 0.228 e. The molecule has 0 spiro atoms. The molecule has 1 aliphatic rings. The van der Waals surface area contributed by atoms with Gasteiger partial charge in [-0.05, 0) is 66.6 Å². The zero-order chi connectivity index (χ0) is 13.8. The van der Waals surface area contributed by atoms with E-state index in [1.807, 2.05) is 19.1 Å². The zero-order valence-corrected chi connectivity index (χ0v) is 13.5. The number of carbonyl (C=O) groups excluding carboxylic acids is 1. The molecule has 1 aromatic rings. The fourth-order valence-corrected chi connectivity index (χ4v) is 3.98. The average Bonchev–Trinajstić information content (AvgIpc) is 2.85. The first-order chi connectivity index (χ1) is 9.10. The van der Waals surface area contributed by atoms with Gasteiger partial charge in [-0.25, -0.2) is 0 Å². The predicted molar refractivity (Wildman–Crippen MR) is 81.4 cm³/mol. The van der Waals surface area contributed by atoms with Crippen LogP contribution in [-0.2, 0) is 4.79 Å². The van der Waals surface area contributed by atoms with Gasteiger partial charge >= 0.3 is 0 Å². The number of thiophene rings is 1. The van der Waals surface area contributed by atoms with Crippen LogP contribution in [0, 0.1) is 5.92 Å². The third kappa shape index (κ3) is 4.04. The monoisotopic (exact) mass is 345 g/mol. The van der Waals surface area contributed by atoms with Crippen LogP contribution in [0.1, 0.15) is 43.4 Å². The van der Waals surface area contributed by atoms with Gasteiger partial charge in [0.05, 0.1) is 9.70 Å². The van der Waals surface area contributed by atoms with E-state index in [1.165, 1.54) is 0 Å². The molecule has 0 bridgehead atoms. The molecular weight excluding hydrogens is 326 g/mol. The molecule has 1 aliphatic carbocycles. The van der Waals surface area contributed by atoms with Crippen LogP contribution in [0.4, 0.5) is 0 Å². The van der Waals surface area contributed by atoms with Crippen LogP contribution < -0.4 is 5.32 Å². The second-order valence-electron chi connectivity index (χ2n) is 5.27. The molecule has 1 saturated carbocycles. The standard InChI is InChI=1S/C14H20BrNO2S/c1-9(12-6-7-13(15)19-12)14(18)16-11-4-2-10(8-17)3-5-11/h6-7,9-11,17H,2-5,8H2,1H3,(H,16,18). The molecule has 1 heterocycles. The fraction of sp³-hybridized carbons (Fsp3) is 0.643. The molecule has 1 amide bonds. The highest BCUT2D eigenvalue weighted by Crippen LogP contribution is 2.29. The lowest BCUT2D eigenvalue weighted by atomic mass is 9.86. The Morgan fingerprint density at radius 2 is 2.16 bits per heavy atom. The van der Waals surface area contributed by atoms with Crippen LogP contribution in [-0.4, -0.2) is 23.7 Å². The largest absolute Gasteiger partial charge is 0.396 e. The number of hydrogen-bond acceptors (Lipinski definition) is 3. The fourth-order valence-electron chi connectivity index (χ4n) is 2.51. The maximum atomic E-state index is 12.2. The topological polar surface area (TPSA) is 49.3 Å². The van der Waals surface area contributed by atoms with Gasteiger partial charge in [0.15, 0.2) is 0 Å². The highest BCUT2D eigenvalue weighted by Gasteiger charge is 2.24. The smallest absolute Gasteiger partial charge is 0.228 e. The highest BCUT2D eigenvalue weighted by molar-refractivity contribution is 9.11. The van der Waals surface area contributed by atoms with Crippen molar-refractivity contribution in [1.29, 1.82) is 0 Å². The van der Waals surface area contributed by atoms with Crippen LogP contribution in [0.3, 0.4) is 0 Å². The summed E-state index contributed by atoms with van der Waals surface area (Å²) in [5, 5.41) is 12.2. The second-order valence-corrected chi connectivity index (χ2v) is 7.77. The minimum atomic E-state index is -0.0909. The Morgan fingerprint density at radius 3 is 2.68 bits per heavy atom. The number of carbonyl (C=O) groups is 1. The molecule has 1 fully saturated rings. The van der Waals surface area contributed by atoms with Crippen LogP contribution in [0.15, 0.2) is 15.9 Å². The summed E-state index contributed by atoms with van der Waals surface area (Å²) in [7, 11) is 0. The van der Waals surface area contributed by atoms with E-state index >= 15 is 0 Å². The third-order valence-corrected chi connectivity index (χ3v) is 5.67. The Balaban J connectivity index is 1.84. The van der Waals surface area contributed by atoms with Gasteiger partial charge in [-0.3, -0.25) is 4.79 Å². The summed E-state index contributed by atoms with van der Waals surface area (Å²) in [6.45, 7) is 2.23. The molecule has 1 aromatic heterocycles. The van der Waals surface area contributed by atoms with E-state index in [0.29, 0.717) is 5.92 Å². The van der Waals surface area contributed by atoms with E-state index in [4.69, 9.17) is 5.11 Å². The predicted octanol–water partition coefficient (Wildman–Crippen LogP) is 3.28. The highest BCUT2D eigenvalue weighted by atomic mass is 79.9. The normalized spacial score (nSPS) is 25.0. The average molecular weight is 346 g/mol. The minimum Gasteiger partial charge on any atom is -0.396 e. The second kappa shape index (κ2) is 6.86. The first-order valence-electron chi connectivity index (χ1n) is 6.76. The molecule has 0 aliphatic heterocycles. The van der Waals surface area contributed by atoms with Crippen molar-refractivity contribution in [2.24, 2.45) is 5.92 Å². The molecule has 3 nitrogen and oxygen atoms in total. The summed E-state index contributed by atoms with van der Waals surface area (Å²) in [6, 6.07) is 4.26. The van der Waals surface area contributed by atoms with E-state index in [-0.39, 0.29) is 24.5 Å². The van der Waals surface area contributed by atoms with E-state index in [1.54, 1.807) is 11.3 Å². The first kappa shape index (κ1) is 15.0. The van der Waals surface area contributed by atoms with Gasteiger partial charge in [0.1, 0.15) is 0 Å². The van der Waals surface area contributed by atoms with Crippen molar-refractivity contribution >= 4 is 33.2 Å². The lowest BCUT2D eigenvalue weighted by Crippen LogP contribution is -2.39. The van der Waals surface area contributed by atoms with E-state index in [9.17, 15) is 4.79 Å². The summed E-state index contributed by atoms with van der Waals surface area (Å²) in [6.07, 6.45) is 4.00. The Bertz CT molecular complexity index is 427. The summed E-state index contributed by atoms with van der Waals surface area (Å²) in [5.41, 5.74) is 0. The molecule has 19 heavy (non-hydrogen) atoms. The lowest BCUT2D eigenvalue weighted by Gasteiger charge is -2.28. The number of amides is 1. The van der Waals surface area contributed by atoms with Crippen molar-refractivity contribution in [2.75, 3.05) is 6.61 Å². The summed E-state index contributed by atoms with van der Waals surface area (Å²) < 4.78 is 1.06. The molecule has 0 saturated heterocycles. The Hall–Kier alpha value is -0.390. The van der Waals surface area contributed by atoms with Gasteiger partial charge in [-0.1, -0.05) is 0 Å². The van der Waals surface area contributed by atoms with Gasteiger partial charge in [-0.2, -0.15) is 0 Å². The van der Waals surface area contributed by atoms with Gasteiger partial charge in [0.25, 0.3) is 0 Å². The Kier molecular flexibility index (Phi) is 5.42. The number of rotatable bonds is 4. The number of nitrogens with one attached hydrogen (secondary N) is 1. The maximum absolute atomic E-state index is 12.2. The SMILES string of the molecule is CC(C(=O)NC1CCC(CO)CC1)c1ccc(Br)s1. The number of halogens is 1. The van der Waals surface area contributed by atoms with Crippen molar-refractivity contribution < 1.29 is 9.90 Å². The number of hydrogen-bond donors (Lipinski definition) is 2. The third-order valence-electron chi connectivity index (χ3n) is 3.87. The summed E-state index contributed by atoms with van der Waals surface area (Å²) >= 11 is 5.04. The van der Waals surface area contributed by atoms with Crippen LogP contribution >= 0.6 is 27.3 Å². The van der Waals surface area contributed by atoms with E-state index in [2.05, 4.69) is 21.2 Å². The first-order valence-corrected chi connectivity index (χ1v) is 8.37. The van der Waals surface area contributed by atoms with Crippen molar-refractivity contribution in [1.82, 2.24) is 5.32 Å². The Labute approximate surface area is 126 Å². The van der Waals surface area contributed by atoms with Gasteiger partial charge in [-0.15, -0.1) is 11.3 Å². The molecule has 0 radical (unpaired) electrons. The zero-order valence-electron chi connectivity index (χ0n) is 11.1. The molecule has 2 rings (SSSR count). The Morgan fingerprint density at radius 1 is 1.47 bits per heavy atom. The van der Waals surface area contributed by atoms with Crippen LogP contribution in [0.25, 0.3) is 0 Å². The molecular formula is C14H20BrNO2S. The molecule has 106 valence electrons. The van der Waals surface area contributed by atoms with Crippen molar-refractivity contribution in [3.05, 3.63) is 20.8 Å². The summed E-state index contributed by atoms with van der Waals surface area (Å²) in [4.78, 5) is 13.3. The van der Waals surface area contributed by atoms with Crippen molar-refractivity contribution in [3.63, 3.8) is 0 Å². The molecule has 0 aromatic carbocycles. The van der Waals surface area contributed by atoms with Crippen molar-refractivity contribution in [2.45, 2.75) is 44.6 Å². The molecule has 1 unspecified atom stereocenters. The number of aliphatic hydroxyl groups excluding tert-OH is 1. The van der Waals surface area contributed by atoms with Gasteiger partial charge in [0.2, 0.25) is 5.91 Å². The lowest BCUT2D eigenvalue weighted by molar-refractivity contribution is -0.123. The van der Waals surface area contributed by atoms with Crippen LogP contribution in [0.2, 0.25) is 0 Å². The quantitative estimate of drug-likeness (QED) is 0.879. The van der Waals surface area contributed by atoms with Gasteiger partial charge in [0, 0.05) is 17.5 Å². The minimum absolute atomic E-state index is 0.0909. The molecule has 5 heteroatoms. The number of aliphatic hydroxyl groups is 1. The van der Waals surface area contributed by atoms with Crippen LogP contribution in [0.5, 0.6) is 0 Å². The molecule has 1 atom stereocenters. The van der Waals surface area contributed by atoms with E-state index in [0.717, 1.165) is 34.3 Å². The summed E-state index contributed by atoms with van der Waals surface area (Å²) in [5.74, 6) is 0.451. The van der Waals surface area contributed by atoms with Gasteiger partial charge < -0.3 is 10.4 Å². The van der Waals surface area contributed by atoms with E-state index < -0.39 is 0 Å². The molecule has 2 N–H and O–H groups in total.